The number of halogens is 1. The predicted octanol–water partition coefficient (Wildman–Crippen LogP) is 2.88. The van der Waals surface area contributed by atoms with Crippen LogP contribution < -0.4 is 14.2 Å². The number of ether oxygens (including phenoxy) is 2. The third-order valence-corrected chi connectivity index (χ3v) is 4.92. The van der Waals surface area contributed by atoms with Crippen molar-refractivity contribution in [3.8, 4) is 11.5 Å². The normalized spacial score (nSPS) is 12.7. The maximum atomic E-state index is 13.4. The molecular formula is C16H18FNO4S. The second kappa shape index (κ2) is 6.97. The highest BCUT2D eigenvalue weighted by atomic mass is 32.2. The van der Waals surface area contributed by atoms with Gasteiger partial charge in [0, 0.05) is 6.04 Å². The van der Waals surface area contributed by atoms with Crippen LogP contribution in [0.25, 0.3) is 0 Å². The van der Waals surface area contributed by atoms with Crippen molar-refractivity contribution in [2.24, 2.45) is 0 Å². The van der Waals surface area contributed by atoms with E-state index in [2.05, 4.69) is 4.72 Å². The smallest absolute Gasteiger partial charge is 0.244 e. The van der Waals surface area contributed by atoms with E-state index in [0.717, 1.165) is 17.7 Å². The fourth-order valence-corrected chi connectivity index (χ4v) is 3.53. The Morgan fingerprint density at radius 1 is 1.04 bits per heavy atom. The van der Waals surface area contributed by atoms with Crippen LogP contribution in [-0.4, -0.2) is 22.6 Å². The van der Waals surface area contributed by atoms with E-state index in [4.69, 9.17) is 9.47 Å². The fourth-order valence-electron chi connectivity index (χ4n) is 2.12. The van der Waals surface area contributed by atoms with Crippen LogP contribution in [0.3, 0.4) is 0 Å². The van der Waals surface area contributed by atoms with Crippen LogP contribution in [0.2, 0.25) is 0 Å². The topological polar surface area (TPSA) is 64.6 Å². The molecule has 0 unspecified atom stereocenters. The molecule has 23 heavy (non-hydrogen) atoms. The highest BCUT2D eigenvalue weighted by molar-refractivity contribution is 7.89. The Labute approximate surface area is 135 Å². The van der Waals surface area contributed by atoms with Crippen molar-refractivity contribution in [1.29, 1.82) is 0 Å². The summed E-state index contributed by atoms with van der Waals surface area (Å²) < 4.78 is 51.0. The molecule has 0 saturated carbocycles. The molecule has 2 aromatic carbocycles. The SMILES string of the molecule is COc1ccc([C@@H](C)NS(=O)(=O)c2cc(F)ccc2OC)cc1. The van der Waals surface area contributed by atoms with Crippen LogP contribution >= 0.6 is 0 Å². The molecule has 124 valence electrons. The summed E-state index contributed by atoms with van der Waals surface area (Å²) in [6, 6.07) is 9.85. The van der Waals surface area contributed by atoms with E-state index < -0.39 is 21.9 Å². The fraction of sp³-hybridized carbons (Fsp3) is 0.250. The molecule has 0 spiro atoms. The van der Waals surface area contributed by atoms with Gasteiger partial charge < -0.3 is 9.47 Å². The Morgan fingerprint density at radius 3 is 2.26 bits per heavy atom. The van der Waals surface area contributed by atoms with Gasteiger partial charge in [-0.05, 0) is 42.8 Å². The first kappa shape index (κ1) is 17.2. The van der Waals surface area contributed by atoms with Gasteiger partial charge in [-0.25, -0.2) is 17.5 Å². The number of rotatable bonds is 6. The summed E-state index contributed by atoms with van der Waals surface area (Å²) in [4.78, 5) is -0.236. The van der Waals surface area contributed by atoms with Crippen molar-refractivity contribution in [1.82, 2.24) is 4.72 Å². The van der Waals surface area contributed by atoms with Crippen LogP contribution in [-0.2, 0) is 10.0 Å². The second-order valence-electron chi connectivity index (χ2n) is 4.91. The standard InChI is InChI=1S/C16H18FNO4S/c1-11(12-4-7-14(21-2)8-5-12)18-23(19,20)16-10-13(17)6-9-15(16)22-3/h4-11,18H,1-3H3/t11-/m1/s1. The molecule has 5 nitrogen and oxygen atoms in total. The van der Waals surface area contributed by atoms with Gasteiger partial charge in [0.15, 0.2) is 0 Å². The molecule has 0 radical (unpaired) electrons. The van der Waals surface area contributed by atoms with Gasteiger partial charge in [-0.2, -0.15) is 0 Å². The molecule has 7 heteroatoms. The van der Waals surface area contributed by atoms with Crippen molar-refractivity contribution < 1.29 is 22.3 Å². The van der Waals surface area contributed by atoms with E-state index in [0.29, 0.717) is 5.75 Å². The van der Waals surface area contributed by atoms with Crippen LogP contribution in [0.5, 0.6) is 11.5 Å². The number of nitrogens with one attached hydrogen (secondary N) is 1. The summed E-state index contributed by atoms with van der Waals surface area (Å²) in [5.41, 5.74) is 0.754. The highest BCUT2D eigenvalue weighted by Crippen LogP contribution is 2.26. The van der Waals surface area contributed by atoms with E-state index in [-0.39, 0.29) is 10.6 Å². The number of methoxy groups -OCH3 is 2. The molecule has 2 aromatic rings. The zero-order valence-electron chi connectivity index (χ0n) is 13.0. The lowest BCUT2D eigenvalue weighted by molar-refractivity contribution is 0.400. The minimum absolute atomic E-state index is 0.0841. The highest BCUT2D eigenvalue weighted by Gasteiger charge is 2.23. The molecule has 0 aromatic heterocycles. The molecule has 0 fully saturated rings. The van der Waals surface area contributed by atoms with Crippen LogP contribution in [0, 0.1) is 5.82 Å². The van der Waals surface area contributed by atoms with Gasteiger partial charge in [0.1, 0.15) is 22.2 Å². The van der Waals surface area contributed by atoms with Crippen molar-refractivity contribution in [3.05, 3.63) is 53.8 Å². The minimum atomic E-state index is -3.93. The van der Waals surface area contributed by atoms with Crippen molar-refractivity contribution in [2.45, 2.75) is 17.9 Å². The molecule has 0 saturated heterocycles. The number of hydrogen-bond donors (Lipinski definition) is 1. The summed E-state index contributed by atoms with van der Waals surface area (Å²) in [6.45, 7) is 1.70. The number of benzene rings is 2. The monoisotopic (exact) mass is 339 g/mol. The summed E-state index contributed by atoms with van der Waals surface area (Å²) in [5.74, 6) is 0.111. The molecule has 1 atom stereocenters. The molecule has 1 N–H and O–H groups in total. The predicted molar refractivity (Wildman–Crippen MR) is 84.7 cm³/mol. The molecular weight excluding hydrogens is 321 g/mol. The first-order chi connectivity index (χ1) is 10.9. The van der Waals surface area contributed by atoms with Crippen molar-refractivity contribution in [3.63, 3.8) is 0 Å². The lowest BCUT2D eigenvalue weighted by Gasteiger charge is -2.16. The third-order valence-electron chi connectivity index (χ3n) is 3.36. The lowest BCUT2D eigenvalue weighted by atomic mass is 10.1. The summed E-state index contributed by atoms with van der Waals surface area (Å²) in [5, 5.41) is 0. The molecule has 0 aliphatic heterocycles. The lowest BCUT2D eigenvalue weighted by Crippen LogP contribution is -2.27. The summed E-state index contributed by atoms with van der Waals surface area (Å²) >= 11 is 0. The average Bonchev–Trinajstić information content (AvgIpc) is 2.54. The summed E-state index contributed by atoms with van der Waals surface area (Å²) in [6.07, 6.45) is 0. The van der Waals surface area contributed by atoms with E-state index in [9.17, 15) is 12.8 Å². The Bertz CT molecular complexity index is 775. The van der Waals surface area contributed by atoms with Crippen molar-refractivity contribution >= 4 is 10.0 Å². The van der Waals surface area contributed by atoms with Crippen LogP contribution in [0.1, 0.15) is 18.5 Å². The number of sulfonamides is 1. The number of hydrogen-bond acceptors (Lipinski definition) is 4. The van der Waals surface area contributed by atoms with Gasteiger partial charge in [0.2, 0.25) is 10.0 Å². The van der Waals surface area contributed by atoms with Gasteiger partial charge >= 0.3 is 0 Å². The first-order valence-corrected chi connectivity index (χ1v) is 8.35. The minimum Gasteiger partial charge on any atom is -0.497 e. The average molecular weight is 339 g/mol. The maximum absolute atomic E-state index is 13.4. The van der Waals surface area contributed by atoms with Crippen molar-refractivity contribution in [2.75, 3.05) is 14.2 Å². The molecule has 2 rings (SSSR count). The molecule has 0 aliphatic carbocycles. The Morgan fingerprint density at radius 2 is 1.70 bits per heavy atom. The largest absolute Gasteiger partial charge is 0.497 e. The van der Waals surface area contributed by atoms with Gasteiger partial charge in [-0.1, -0.05) is 12.1 Å². The maximum Gasteiger partial charge on any atom is 0.244 e. The van der Waals surface area contributed by atoms with Gasteiger partial charge in [0.25, 0.3) is 0 Å². The van der Waals surface area contributed by atoms with Gasteiger partial charge in [0.05, 0.1) is 14.2 Å². The first-order valence-electron chi connectivity index (χ1n) is 6.87. The zero-order chi connectivity index (χ0) is 17.0. The van der Waals surface area contributed by atoms with Gasteiger partial charge in [-0.3, -0.25) is 0 Å². The summed E-state index contributed by atoms with van der Waals surface area (Å²) in [7, 11) is -1.05. The second-order valence-corrected chi connectivity index (χ2v) is 6.59. The van der Waals surface area contributed by atoms with E-state index in [1.165, 1.54) is 13.2 Å². The quantitative estimate of drug-likeness (QED) is 0.879. The van der Waals surface area contributed by atoms with Crippen LogP contribution in [0.15, 0.2) is 47.4 Å². The van der Waals surface area contributed by atoms with Gasteiger partial charge in [-0.15, -0.1) is 0 Å². The Hall–Kier alpha value is -2.12. The molecule has 0 heterocycles. The van der Waals surface area contributed by atoms with Crippen LogP contribution in [0.4, 0.5) is 4.39 Å². The zero-order valence-corrected chi connectivity index (χ0v) is 13.9. The Kier molecular flexibility index (Phi) is 5.23. The van der Waals surface area contributed by atoms with E-state index in [1.807, 2.05) is 0 Å². The van der Waals surface area contributed by atoms with E-state index in [1.54, 1.807) is 38.3 Å². The Balaban J connectivity index is 2.28. The molecule has 0 bridgehead atoms. The third kappa shape index (κ3) is 4.00. The molecule has 0 amide bonds. The van der Waals surface area contributed by atoms with E-state index >= 15 is 0 Å². The molecule has 0 aliphatic rings.